The van der Waals surface area contributed by atoms with Crippen LogP contribution in [-0.4, -0.2) is 11.9 Å². The SMILES string of the molecule is CCCCCCCCCCCCCCCC/C=C/C1=CC(=O)OC1=O. The lowest BCUT2D eigenvalue weighted by Crippen LogP contribution is -2.00. The van der Waals surface area contributed by atoms with Crippen LogP contribution in [0.4, 0.5) is 0 Å². The van der Waals surface area contributed by atoms with Crippen LogP contribution in [0.25, 0.3) is 0 Å². The highest BCUT2D eigenvalue weighted by molar-refractivity contribution is 6.10. The van der Waals surface area contributed by atoms with Crippen molar-refractivity contribution in [3.8, 4) is 0 Å². The van der Waals surface area contributed by atoms with Gasteiger partial charge in [-0.2, -0.15) is 0 Å². The fourth-order valence-electron chi connectivity index (χ4n) is 3.15. The van der Waals surface area contributed by atoms with Gasteiger partial charge in [0.1, 0.15) is 0 Å². The molecule has 1 aliphatic heterocycles. The Morgan fingerprint density at radius 2 is 1.24 bits per heavy atom. The van der Waals surface area contributed by atoms with Crippen molar-refractivity contribution in [3.63, 3.8) is 0 Å². The normalized spacial score (nSPS) is 14.4. The van der Waals surface area contributed by atoms with Gasteiger partial charge < -0.3 is 4.74 Å². The highest BCUT2D eigenvalue weighted by Gasteiger charge is 2.20. The van der Waals surface area contributed by atoms with Crippen LogP contribution in [-0.2, 0) is 14.3 Å². The molecular formula is C22H36O3. The molecule has 0 radical (unpaired) electrons. The van der Waals surface area contributed by atoms with Crippen molar-refractivity contribution in [2.45, 2.75) is 103 Å². The molecule has 25 heavy (non-hydrogen) atoms. The van der Waals surface area contributed by atoms with Crippen LogP contribution < -0.4 is 0 Å². The molecule has 0 amide bonds. The van der Waals surface area contributed by atoms with Gasteiger partial charge in [-0.15, -0.1) is 0 Å². The lowest BCUT2D eigenvalue weighted by molar-refractivity contribution is -0.150. The Kier molecular flexibility index (Phi) is 12.9. The molecule has 0 atom stereocenters. The summed E-state index contributed by atoms with van der Waals surface area (Å²) in [6.07, 6.45) is 24.9. The molecule has 0 bridgehead atoms. The van der Waals surface area contributed by atoms with Crippen LogP contribution in [0, 0.1) is 0 Å². The summed E-state index contributed by atoms with van der Waals surface area (Å²) in [5.74, 6) is -1.08. The monoisotopic (exact) mass is 348 g/mol. The number of hydrogen-bond donors (Lipinski definition) is 0. The van der Waals surface area contributed by atoms with E-state index < -0.39 is 11.9 Å². The summed E-state index contributed by atoms with van der Waals surface area (Å²) >= 11 is 0. The zero-order valence-electron chi connectivity index (χ0n) is 16.1. The molecule has 3 heteroatoms. The topological polar surface area (TPSA) is 43.4 Å². The predicted molar refractivity (Wildman–Crippen MR) is 103 cm³/mol. The van der Waals surface area contributed by atoms with Gasteiger partial charge >= 0.3 is 11.9 Å². The molecule has 3 nitrogen and oxygen atoms in total. The largest absolute Gasteiger partial charge is 0.386 e. The van der Waals surface area contributed by atoms with Gasteiger partial charge in [-0.05, 0) is 12.8 Å². The van der Waals surface area contributed by atoms with E-state index in [0.717, 1.165) is 12.8 Å². The van der Waals surface area contributed by atoms with Crippen LogP contribution in [0.5, 0.6) is 0 Å². The first-order chi connectivity index (χ1) is 12.2. The van der Waals surface area contributed by atoms with Gasteiger partial charge in [-0.3, -0.25) is 0 Å². The molecule has 0 saturated carbocycles. The zero-order chi connectivity index (χ0) is 18.2. The fraction of sp³-hybridized carbons (Fsp3) is 0.727. The highest BCUT2D eigenvalue weighted by atomic mass is 16.6. The summed E-state index contributed by atoms with van der Waals surface area (Å²) in [5, 5.41) is 0. The third-order valence-electron chi connectivity index (χ3n) is 4.72. The Morgan fingerprint density at radius 1 is 0.760 bits per heavy atom. The average molecular weight is 349 g/mol. The van der Waals surface area contributed by atoms with E-state index in [4.69, 9.17) is 0 Å². The summed E-state index contributed by atoms with van der Waals surface area (Å²) in [5.41, 5.74) is 0.371. The Hall–Kier alpha value is -1.38. The molecule has 0 unspecified atom stereocenters. The number of cyclic esters (lactones) is 2. The molecule has 0 aromatic heterocycles. The minimum Gasteiger partial charge on any atom is -0.386 e. The standard InChI is InChI=1S/C22H36O3/c1-2-3-4-5-6-7-8-9-10-11-12-13-14-15-16-17-18-20-19-21(23)25-22(20)24/h17-19H,2-16H2,1H3/b18-17+. The molecule has 0 aromatic carbocycles. The fourth-order valence-corrected chi connectivity index (χ4v) is 3.15. The first-order valence-corrected chi connectivity index (χ1v) is 10.4. The average Bonchev–Trinajstić information content (AvgIpc) is 2.92. The Labute approximate surface area is 153 Å². The second-order valence-electron chi connectivity index (χ2n) is 7.10. The van der Waals surface area contributed by atoms with Crippen LogP contribution in [0.3, 0.4) is 0 Å². The maximum absolute atomic E-state index is 11.2. The van der Waals surface area contributed by atoms with E-state index in [2.05, 4.69) is 11.7 Å². The predicted octanol–water partition coefficient (Wildman–Crippen LogP) is 6.42. The lowest BCUT2D eigenvalue weighted by Gasteiger charge is -2.02. The zero-order valence-corrected chi connectivity index (χ0v) is 16.1. The minimum absolute atomic E-state index is 0.371. The van der Waals surface area contributed by atoms with Gasteiger partial charge in [-0.1, -0.05) is 103 Å². The molecule has 1 rings (SSSR count). The molecule has 0 spiro atoms. The van der Waals surface area contributed by atoms with E-state index in [1.807, 2.05) is 6.08 Å². The van der Waals surface area contributed by atoms with Crippen molar-refractivity contribution >= 4 is 11.9 Å². The van der Waals surface area contributed by atoms with Crippen molar-refractivity contribution in [2.75, 3.05) is 0 Å². The molecule has 0 aromatic rings. The molecular weight excluding hydrogens is 312 g/mol. The number of allylic oxidation sites excluding steroid dienone is 1. The first-order valence-electron chi connectivity index (χ1n) is 10.4. The van der Waals surface area contributed by atoms with E-state index in [1.165, 1.54) is 89.5 Å². The molecule has 1 heterocycles. The van der Waals surface area contributed by atoms with Crippen molar-refractivity contribution in [1.29, 1.82) is 0 Å². The van der Waals surface area contributed by atoms with E-state index >= 15 is 0 Å². The van der Waals surface area contributed by atoms with Crippen molar-refractivity contribution in [2.24, 2.45) is 0 Å². The van der Waals surface area contributed by atoms with Crippen molar-refractivity contribution in [1.82, 2.24) is 0 Å². The third kappa shape index (κ3) is 11.7. The summed E-state index contributed by atoms with van der Waals surface area (Å²) < 4.78 is 4.43. The number of unbranched alkanes of at least 4 members (excludes halogenated alkanes) is 14. The molecule has 0 aliphatic carbocycles. The van der Waals surface area contributed by atoms with Gasteiger partial charge in [0.25, 0.3) is 0 Å². The van der Waals surface area contributed by atoms with Crippen LogP contribution in [0.2, 0.25) is 0 Å². The van der Waals surface area contributed by atoms with Gasteiger partial charge in [0, 0.05) is 6.08 Å². The molecule has 0 N–H and O–H groups in total. The van der Waals surface area contributed by atoms with Crippen LogP contribution in [0.1, 0.15) is 103 Å². The Bertz CT molecular complexity index is 435. The molecule has 0 fully saturated rings. The summed E-state index contributed by atoms with van der Waals surface area (Å²) in [7, 11) is 0. The number of rotatable bonds is 16. The van der Waals surface area contributed by atoms with E-state index in [9.17, 15) is 9.59 Å². The number of ether oxygens (including phenoxy) is 1. The Balaban J connectivity index is 1.80. The van der Waals surface area contributed by atoms with Gasteiger partial charge in [0.2, 0.25) is 0 Å². The van der Waals surface area contributed by atoms with Gasteiger partial charge in [0.15, 0.2) is 0 Å². The number of carbonyl (C=O) groups is 2. The summed E-state index contributed by atoms with van der Waals surface area (Å²) in [4.78, 5) is 22.1. The smallest absolute Gasteiger partial charge is 0.346 e. The molecule has 142 valence electrons. The molecule has 1 aliphatic rings. The number of esters is 2. The van der Waals surface area contributed by atoms with Crippen molar-refractivity contribution < 1.29 is 14.3 Å². The molecule has 0 saturated heterocycles. The quantitative estimate of drug-likeness (QED) is 0.183. The second kappa shape index (κ2) is 14.9. The number of carbonyl (C=O) groups excluding carboxylic acids is 2. The van der Waals surface area contributed by atoms with E-state index in [1.54, 1.807) is 6.08 Å². The highest BCUT2D eigenvalue weighted by Crippen LogP contribution is 2.14. The second-order valence-corrected chi connectivity index (χ2v) is 7.10. The van der Waals surface area contributed by atoms with E-state index in [-0.39, 0.29) is 0 Å². The lowest BCUT2D eigenvalue weighted by atomic mass is 10.0. The summed E-state index contributed by atoms with van der Waals surface area (Å²) in [6.45, 7) is 2.27. The first kappa shape index (κ1) is 21.7. The maximum atomic E-state index is 11.2. The van der Waals surface area contributed by atoms with Gasteiger partial charge in [-0.25, -0.2) is 9.59 Å². The van der Waals surface area contributed by atoms with Crippen LogP contribution in [0.15, 0.2) is 23.8 Å². The van der Waals surface area contributed by atoms with Crippen molar-refractivity contribution in [3.05, 3.63) is 23.8 Å². The van der Waals surface area contributed by atoms with E-state index in [0.29, 0.717) is 5.57 Å². The summed E-state index contributed by atoms with van der Waals surface area (Å²) in [6, 6.07) is 0. The number of hydrogen-bond acceptors (Lipinski definition) is 3. The van der Waals surface area contributed by atoms with Gasteiger partial charge in [0.05, 0.1) is 5.57 Å². The minimum atomic E-state index is -0.554. The third-order valence-corrected chi connectivity index (χ3v) is 4.72. The maximum Gasteiger partial charge on any atom is 0.346 e. The Morgan fingerprint density at radius 3 is 1.68 bits per heavy atom. The van der Waals surface area contributed by atoms with Crippen LogP contribution >= 0.6 is 0 Å².